The average Bonchev–Trinajstić information content (AvgIpc) is 2.61. The molecule has 0 aliphatic carbocycles. The summed E-state index contributed by atoms with van der Waals surface area (Å²) >= 11 is 22.7. The van der Waals surface area contributed by atoms with Crippen molar-refractivity contribution < 1.29 is 24.2 Å². The smallest absolute Gasteiger partial charge is 0.337 e. The predicted molar refractivity (Wildman–Crippen MR) is 103 cm³/mol. The first kappa shape index (κ1) is 22.8. The van der Waals surface area contributed by atoms with E-state index in [2.05, 4.69) is 9.73 Å². The predicted octanol–water partition coefficient (Wildman–Crippen LogP) is 5.02. The third kappa shape index (κ3) is 6.13. The summed E-state index contributed by atoms with van der Waals surface area (Å²) in [5.74, 6) is -1.65. The number of nitrogen functional groups attached to an aromatic ring is 1. The van der Waals surface area contributed by atoms with E-state index in [-0.39, 0.29) is 42.6 Å². The second-order valence-electron chi connectivity index (χ2n) is 4.64. The van der Waals surface area contributed by atoms with Crippen molar-refractivity contribution in [1.29, 1.82) is 0 Å². The molecular weight excluding hydrogens is 442 g/mol. The van der Waals surface area contributed by atoms with Crippen molar-refractivity contribution in [2.24, 2.45) is 4.99 Å². The molecule has 0 saturated heterocycles. The summed E-state index contributed by atoms with van der Waals surface area (Å²) in [4.78, 5) is 35.0. The number of nitrogens with zero attached hydrogens (tertiary/aromatic N) is 1. The fourth-order valence-corrected chi connectivity index (χ4v) is 2.72. The van der Waals surface area contributed by atoms with Crippen molar-refractivity contribution in [2.75, 3.05) is 12.8 Å². The molecule has 11 heteroatoms. The van der Waals surface area contributed by atoms with E-state index in [0.717, 1.165) is 0 Å². The first-order valence-corrected chi connectivity index (χ1v) is 8.26. The number of aliphatic imine (C=N–C) groups is 1. The van der Waals surface area contributed by atoms with Crippen LogP contribution in [0.2, 0.25) is 20.1 Å². The van der Waals surface area contributed by atoms with Crippen LogP contribution in [-0.4, -0.2) is 30.2 Å². The van der Waals surface area contributed by atoms with Gasteiger partial charge in [0.2, 0.25) is 6.08 Å². The van der Waals surface area contributed by atoms with Gasteiger partial charge in [-0.1, -0.05) is 46.4 Å². The molecule has 7 nitrogen and oxygen atoms in total. The molecular formula is C16H10Cl4N2O5. The van der Waals surface area contributed by atoms with Gasteiger partial charge >= 0.3 is 11.9 Å². The topological polar surface area (TPSA) is 119 Å². The molecule has 2 aromatic carbocycles. The van der Waals surface area contributed by atoms with Crippen LogP contribution in [0.4, 0.5) is 11.4 Å². The van der Waals surface area contributed by atoms with Crippen molar-refractivity contribution in [3.05, 3.63) is 55.5 Å². The van der Waals surface area contributed by atoms with Crippen LogP contribution in [0.15, 0.2) is 29.3 Å². The van der Waals surface area contributed by atoms with E-state index in [1.807, 2.05) is 0 Å². The highest BCUT2D eigenvalue weighted by Crippen LogP contribution is 2.34. The number of ether oxygens (including phenoxy) is 1. The van der Waals surface area contributed by atoms with Gasteiger partial charge in [-0.05, 0) is 24.3 Å². The Bertz CT molecular complexity index is 896. The van der Waals surface area contributed by atoms with Crippen molar-refractivity contribution in [3.63, 3.8) is 0 Å². The highest BCUT2D eigenvalue weighted by atomic mass is 35.5. The third-order valence-corrected chi connectivity index (χ3v) is 4.12. The first-order chi connectivity index (χ1) is 12.6. The number of carbonyl (C=O) groups is 2. The van der Waals surface area contributed by atoms with Crippen molar-refractivity contribution in [3.8, 4) is 0 Å². The van der Waals surface area contributed by atoms with Crippen LogP contribution in [0.1, 0.15) is 20.7 Å². The van der Waals surface area contributed by atoms with E-state index in [1.165, 1.54) is 37.5 Å². The number of rotatable bonds is 3. The van der Waals surface area contributed by atoms with E-state index in [4.69, 9.17) is 57.2 Å². The number of nitrogens with two attached hydrogens (primary N) is 1. The molecule has 0 aliphatic heterocycles. The van der Waals surface area contributed by atoms with Crippen LogP contribution in [0.25, 0.3) is 0 Å². The Balaban J connectivity index is 0.000000277. The monoisotopic (exact) mass is 450 g/mol. The summed E-state index contributed by atoms with van der Waals surface area (Å²) < 4.78 is 4.48. The number of methoxy groups -OCH3 is 1. The highest BCUT2D eigenvalue weighted by Gasteiger charge is 2.12. The third-order valence-electron chi connectivity index (χ3n) is 2.92. The van der Waals surface area contributed by atoms with Crippen LogP contribution in [0.3, 0.4) is 0 Å². The fraction of sp³-hybridized carbons (Fsp3) is 0.0625. The second-order valence-corrected chi connectivity index (χ2v) is 6.27. The number of esters is 1. The summed E-state index contributed by atoms with van der Waals surface area (Å²) in [5.41, 5.74) is 5.89. The standard InChI is InChI=1S/C9H5Cl2NO3.C7H5Cl2NO2/c1-15-9(14)5-2-6(10)8(12-4-13)7(11)3-5;8-4-1-3(7(11)12)2-5(9)6(4)10/h2-3H,1H3;1-2H,10H2,(H,11,12). The van der Waals surface area contributed by atoms with E-state index in [1.54, 1.807) is 0 Å². The number of anilines is 1. The van der Waals surface area contributed by atoms with Gasteiger partial charge in [0.1, 0.15) is 5.69 Å². The van der Waals surface area contributed by atoms with E-state index < -0.39 is 11.9 Å². The molecule has 0 aliphatic rings. The van der Waals surface area contributed by atoms with Crippen molar-refractivity contribution in [2.45, 2.75) is 0 Å². The van der Waals surface area contributed by atoms with Gasteiger partial charge in [-0.2, -0.15) is 4.99 Å². The van der Waals surface area contributed by atoms with Gasteiger partial charge in [-0.25, -0.2) is 14.4 Å². The minimum Gasteiger partial charge on any atom is -0.478 e. The lowest BCUT2D eigenvalue weighted by Crippen LogP contribution is -2.00. The van der Waals surface area contributed by atoms with Gasteiger partial charge < -0.3 is 15.6 Å². The number of aromatic carboxylic acids is 1. The largest absolute Gasteiger partial charge is 0.478 e. The molecule has 0 bridgehead atoms. The molecule has 0 radical (unpaired) electrons. The molecule has 0 heterocycles. The van der Waals surface area contributed by atoms with Gasteiger partial charge in [-0.15, -0.1) is 0 Å². The molecule has 0 amide bonds. The van der Waals surface area contributed by atoms with Gasteiger partial charge in [-0.3, -0.25) is 0 Å². The summed E-state index contributed by atoms with van der Waals surface area (Å²) in [6.45, 7) is 0. The number of carbonyl (C=O) groups excluding carboxylic acids is 2. The molecule has 0 aromatic heterocycles. The van der Waals surface area contributed by atoms with Crippen molar-refractivity contribution >= 4 is 75.8 Å². The lowest BCUT2D eigenvalue weighted by atomic mass is 10.2. The summed E-state index contributed by atoms with van der Waals surface area (Å²) in [7, 11) is 1.24. The molecule has 27 heavy (non-hydrogen) atoms. The molecule has 0 fully saturated rings. The Hall–Kier alpha value is -2.28. The van der Waals surface area contributed by atoms with Crippen LogP contribution >= 0.6 is 46.4 Å². The van der Waals surface area contributed by atoms with E-state index in [9.17, 15) is 14.4 Å². The number of carboxylic acids is 1. The minimum atomic E-state index is -1.08. The Kier molecular flexibility index (Phi) is 8.56. The average molecular weight is 452 g/mol. The normalized spacial score (nSPS) is 9.52. The Morgan fingerprint density at radius 1 is 1.00 bits per heavy atom. The molecule has 0 atom stereocenters. The fourth-order valence-electron chi connectivity index (χ4n) is 1.66. The zero-order chi connectivity index (χ0) is 20.7. The maximum atomic E-state index is 11.1. The Labute approximate surface area is 173 Å². The highest BCUT2D eigenvalue weighted by molar-refractivity contribution is 6.40. The van der Waals surface area contributed by atoms with E-state index >= 15 is 0 Å². The number of benzene rings is 2. The van der Waals surface area contributed by atoms with Crippen molar-refractivity contribution in [1.82, 2.24) is 0 Å². The lowest BCUT2D eigenvalue weighted by Gasteiger charge is -2.03. The molecule has 2 rings (SSSR count). The molecule has 0 saturated carbocycles. The Morgan fingerprint density at radius 2 is 1.44 bits per heavy atom. The summed E-state index contributed by atoms with van der Waals surface area (Å²) in [6.07, 6.45) is 1.32. The van der Waals surface area contributed by atoms with Crippen LogP contribution in [0.5, 0.6) is 0 Å². The molecule has 3 N–H and O–H groups in total. The van der Waals surface area contributed by atoms with Crippen LogP contribution < -0.4 is 5.73 Å². The van der Waals surface area contributed by atoms with Gasteiger partial charge in [0.15, 0.2) is 0 Å². The Morgan fingerprint density at radius 3 is 1.81 bits per heavy atom. The number of halogens is 4. The molecule has 0 spiro atoms. The van der Waals surface area contributed by atoms with Gasteiger partial charge in [0.05, 0.1) is 44.0 Å². The zero-order valence-corrected chi connectivity index (χ0v) is 16.4. The van der Waals surface area contributed by atoms with Gasteiger partial charge in [0, 0.05) is 0 Å². The summed E-state index contributed by atoms with van der Waals surface area (Å²) in [6, 6.07) is 5.14. The second kappa shape index (κ2) is 10.2. The summed E-state index contributed by atoms with van der Waals surface area (Å²) in [5, 5.41) is 9.05. The number of carboxylic acid groups (broad SMARTS) is 1. The zero-order valence-electron chi connectivity index (χ0n) is 13.4. The SMILES string of the molecule is COC(=O)c1cc(Cl)c(N=C=O)c(Cl)c1.Nc1c(Cl)cc(C(=O)O)cc1Cl. The number of hydrogen-bond acceptors (Lipinski definition) is 6. The molecule has 2 aromatic rings. The quantitative estimate of drug-likeness (QED) is 0.292. The molecule has 0 unspecified atom stereocenters. The van der Waals surface area contributed by atoms with Gasteiger partial charge in [0.25, 0.3) is 0 Å². The van der Waals surface area contributed by atoms with Crippen LogP contribution in [0, 0.1) is 0 Å². The van der Waals surface area contributed by atoms with E-state index in [0.29, 0.717) is 0 Å². The van der Waals surface area contributed by atoms with Crippen LogP contribution in [-0.2, 0) is 9.53 Å². The number of hydrogen-bond donors (Lipinski definition) is 2. The maximum absolute atomic E-state index is 11.1. The number of isocyanates is 1. The maximum Gasteiger partial charge on any atom is 0.337 e. The first-order valence-electron chi connectivity index (χ1n) is 6.75. The minimum absolute atomic E-state index is 0.0270. The lowest BCUT2D eigenvalue weighted by molar-refractivity contribution is 0.0600. The molecule has 142 valence electrons.